The molecule has 0 amide bonds. The second-order valence-corrected chi connectivity index (χ2v) is 4.60. The summed E-state index contributed by atoms with van der Waals surface area (Å²) in [5, 5.41) is 0. The number of hydrogen-bond acceptors (Lipinski definition) is 0. The lowest BCUT2D eigenvalue weighted by Gasteiger charge is -2.37. The van der Waals surface area contributed by atoms with E-state index in [9.17, 15) is 43.9 Å². The largest absolute Gasteiger partial charge is 0.457 e. The van der Waals surface area contributed by atoms with Crippen LogP contribution in [0.5, 0.6) is 0 Å². The van der Waals surface area contributed by atoms with E-state index in [2.05, 4.69) is 0 Å². The van der Waals surface area contributed by atoms with E-state index >= 15 is 0 Å². The standard InChI is InChI=1S/C6H3F10I/c1-2(7,8)3(9,10)5(13,17)4(11,12)6(14,15)16/h1H3. The van der Waals surface area contributed by atoms with Crippen molar-refractivity contribution in [2.45, 2.75) is 34.5 Å². The maximum Gasteiger partial charge on any atom is 0.457 e. The van der Waals surface area contributed by atoms with Crippen LogP contribution < -0.4 is 0 Å². The molecule has 17 heavy (non-hydrogen) atoms. The molecule has 0 aromatic carbocycles. The lowest BCUT2D eigenvalue weighted by atomic mass is 10.0. The molecule has 0 aliphatic heterocycles. The van der Waals surface area contributed by atoms with Gasteiger partial charge >= 0.3 is 27.6 Å². The van der Waals surface area contributed by atoms with Gasteiger partial charge in [-0.2, -0.15) is 30.7 Å². The van der Waals surface area contributed by atoms with Crippen LogP contribution in [0.4, 0.5) is 43.9 Å². The van der Waals surface area contributed by atoms with E-state index in [-0.39, 0.29) is 0 Å². The SMILES string of the molecule is CC(F)(F)C(F)(F)C(F)(I)C(F)(F)C(F)(F)F. The first-order chi connectivity index (χ1) is 7.00. The van der Waals surface area contributed by atoms with Gasteiger partial charge in [-0.3, -0.25) is 0 Å². The first kappa shape index (κ1) is 17.0. The van der Waals surface area contributed by atoms with Gasteiger partial charge in [-0.05, 0) is 22.6 Å². The Balaban J connectivity index is 5.73. The Morgan fingerprint density at radius 2 is 0.941 bits per heavy atom. The van der Waals surface area contributed by atoms with Crippen molar-refractivity contribution in [3.63, 3.8) is 0 Å². The van der Waals surface area contributed by atoms with E-state index in [1.54, 1.807) is 0 Å². The molecule has 0 aromatic heterocycles. The van der Waals surface area contributed by atoms with Gasteiger partial charge in [0.2, 0.25) is 0 Å². The minimum absolute atomic E-state index is 0.655. The van der Waals surface area contributed by atoms with Crippen molar-refractivity contribution < 1.29 is 43.9 Å². The molecular weight excluding hydrogens is 389 g/mol. The lowest BCUT2D eigenvalue weighted by Crippen LogP contribution is -2.64. The van der Waals surface area contributed by atoms with Crippen molar-refractivity contribution in [3.05, 3.63) is 0 Å². The van der Waals surface area contributed by atoms with Gasteiger partial charge in [0.15, 0.2) is 0 Å². The predicted molar refractivity (Wildman–Crippen MR) is 44.4 cm³/mol. The van der Waals surface area contributed by atoms with Gasteiger partial charge in [0.05, 0.1) is 0 Å². The van der Waals surface area contributed by atoms with Crippen LogP contribution in [-0.2, 0) is 0 Å². The zero-order valence-electron chi connectivity index (χ0n) is 7.66. The molecule has 0 aliphatic rings. The van der Waals surface area contributed by atoms with Crippen molar-refractivity contribution in [2.24, 2.45) is 0 Å². The Kier molecular flexibility index (Phi) is 4.02. The molecule has 0 rings (SSSR count). The first-order valence-electron chi connectivity index (χ1n) is 3.58. The zero-order chi connectivity index (χ0) is 14.5. The Morgan fingerprint density at radius 3 is 1.12 bits per heavy atom. The van der Waals surface area contributed by atoms with Crippen LogP contribution in [0.15, 0.2) is 0 Å². The van der Waals surface area contributed by atoms with Crippen LogP contribution in [0.1, 0.15) is 6.92 Å². The highest BCUT2D eigenvalue weighted by Crippen LogP contribution is 2.59. The van der Waals surface area contributed by atoms with Gasteiger partial charge in [-0.1, -0.05) is 0 Å². The number of alkyl halides is 11. The van der Waals surface area contributed by atoms with Crippen molar-refractivity contribution >= 4 is 22.6 Å². The molecular formula is C6H3F10I. The second kappa shape index (κ2) is 4.02. The van der Waals surface area contributed by atoms with Crippen molar-refractivity contribution in [3.8, 4) is 0 Å². The lowest BCUT2D eigenvalue weighted by molar-refractivity contribution is -0.354. The van der Waals surface area contributed by atoms with Crippen LogP contribution in [0.2, 0.25) is 0 Å². The fourth-order valence-corrected chi connectivity index (χ4v) is 1.43. The Labute approximate surface area is 101 Å². The molecule has 104 valence electrons. The molecule has 1 atom stereocenters. The molecule has 0 aliphatic carbocycles. The van der Waals surface area contributed by atoms with Crippen LogP contribution in [0, 0.1) is 0 Å². The Hall–Kier alpha value is 0.0300. The van der Waals surface area contributed by atoms with E-state index in [1.165, 1.54) is 0 Å². The van der Waals surface area contributed by atoms with E-state index in [1.807, 2.05) is 0 Å². The molecule has 1 unspecified atom stereocenters. The summed E-state index contributed by atoms with van der Waals surface area (Å²) < 4.78 is 117. The van der Waals surface area contributed by atoms with Crippen molar-refractivity contribution in [2.75, 3.05) is 0 Å². The fraction of sp³-hybridized carbons (Fsp3) is 1.00. The molecule has 0 aromatic rings. The smallest absolute Gasteiger partial charge is 0.218 e. The molecule has 0 heterocycles. The Morgan fingerprint density at radius 1 is 0.647 bits per heavy atom. The number of hydrogen-bond donors (Lipinski definition) is 0. The van der Waals surface area contributed by atoms with Crippen LogP contribution in [0.3, 0.4) is 0 Å². The van der Waals surface area contributed by atoms with Crippen LogP contribution in [-0.4, -0.2) is 27.6 Å². The predicted octanol–water partition coefficient (Wildman–Crippen LogP) is 4.58. The summed E-state index contributed by atoms with van der Waals surface area (Å²) in [6.07, 6.45) is -6.72. The highest BCUT2D eigenvalue weighted by molar-refractivity contribution is 14.1. The van der Waals surface area contributed by atoms with E-state index in [0.717, 1.165) is 0 Å². The molecule has 11 heteroatoms. The minimum atomic E-state index is -6.72. The van der Waals surface area contributed by atoms with E-state index in [4.69, 9.17) is 0 Å². The summed E-state index contributed by atoms with van der Waals surface area (Å²) in [6.45, 7) is -0.660. The summed E-state index contributed by atoms with van der Waals surface area (Å²) in [5.74, 6) is -18.2. The minimum Gasteiger partial charge on any atom is -0.218 e. The monoisotopic (exact) mass is 392 g/mol. The summed E-state index contributed by atoms with van der Waals surface area (Å²) >= 11 is -0.655. The second-order valence-electron chi connectivity index (χ2n) is 3.11. The van der Waals surface area contributed by atoms with Gasteiger partial charge in [-0.25, -0.2) is 13.2 Å². The summed E-state index contributed by atoms with van der Waals surface area (Å²) in [7, 11) is 0. The van der Waals surface area contributed by atoms with Crippen molar-refractivity contribution in [1.82, 2.24) is 0 Å². The number of rotatable bonds is 3. The molecule has 0 saturated carbocycles. The third-order valence-electron chi connectivity index (χ3n) is 1.70. The van der Waals surface area contributed by atoms with Gasteiger partial charge in [0.25, 0.3) is 0 Å². The van der Waals surface area contributed by atoms with Crippen molar-refractivity contribution in [1.29, 1.82) is 0 Å². The third-order valence-corrected chi connectivity index (χ3v) is 3.05. The average molecular weight is 392 g/mol. The normalized spacial score (nSPS) is 19.1. The average Bonchev–Trinajstić information content (AvgIpc) is 1.98. The van der Waals surface area contributed by atoms with E-state index in [0.29, 0.717) is 0 Å². The summed E-state index contributed by atoms with van der Waals surface area (Å²) in [5.41, 5.74) is 0. The maximum absolute atomic E-state index is 12.9. The summed E-state index contributed by atoms with van der Waals surface area (Å²) in [6, 6.07) is 0. The zero-order valence-corrected chi connectivity index (χ0v) is 9.82. The summed E-state index contributed by atoms with van der Waals surface area (Å²) in [4.78, 5) is 0. The Bertz CT molecular complexity index is 256. The van der Waals surface area contributed by atoms with Gasteiger partial charge in [0, 0.05) is 6.92 Å². The molecule has 0 fully saturated rings. The quantitative estimate of drug-likeness (QED) is 0.375. The number of halogens is 11. The topological polar surface area (TPSA) is 0 Å². The molecule has 0 nitrogen and oxygen atoms in total. The fourth-order valence-electron chi connectivity index (χ4n) is 0.651. The van der Waals surface area contributed by atoms with Crippen LogP contribution >= 0.6 is 22.6 Å². The van der Waals surface area contributed by atoms with Gasteiger partial charge in [0.1, 0.15) is 0 Å². The molecule has 0 N–H and O–H groups in total. The maximum atomic E-state index is 12.9. The van der Waals surface area contributed by atoms with E-state index < -0.39 is 57.1 Å². The molecule has 0 bridgehead atoms. The molecule has 0 saturated heterocycles. The first-order valence-corrected chi connectivity index (χ1v) is 4.66. The molecule has 0 radical (unpaired) electrons. The van der Waals surface area contributed by atoms with Gasteiger partial charge in [-0.15, -0.1) is 0 Å². The third kappa shape index (κ3) is 2.43. The highest BCUT2D eigenvalue weighted by Gasteiger charge is 2.83. The van der Waals surface area contributed by atoms with Crippen LogP contribution in [0.25, 0.3) is 0 Å². The highest BCUT2D eigenvalue weighted by atomic mass is 127. The molecule has 0 spiro atoms. The van der Waals surface area contributed by atoms with Gasteiger partial charge < -0.3 is 0 Å².